The molecule has 0 aromatic rings. The van der Waals surface area contributed by atoms with Crippen LogP contribution in [-0.2, 0) is 9.63 Å². The monoisotopic (exact) mass is 209 g/mol. The number of carbonyl (C=O) groups excluding carboxylic acids is 1. The maximum absolute atomic E-state index is 11.6. The minimum atomic E-state index is -0.464. The zero-order valence-electron chi connectivity index (χ0n) is 9.91. The molecular formula is C12H19NO2. The lowest BCUT2D eigenvalue weighted by atomic mass is 9.98. The SMILES string of the molecule is C#CC1CC(C)N(OC(=O)C(C)(C)C)C1. The summed E-state index contributed by atoms with van der Waals surface area (Å²) < 4.78 is 0. The molecule has 0 aromatic heterocycles. The van der Waals surface area contributed by atoms with Crippen LogP contribution in [0.5, 0.6) is 0 Å². The van der Waals surface area contributed by atoms with Crippen molar-refractivity contribution in [2.75, 3.05) is 6.54 Å². The summed E-state index contributed by atoms with van der Waals surface area (Å²) in [6.45, 7) is 8.20. The van der Waals surface area contributed by atoms with Gasteiger partial charge in [-0.3, -0.25) is 0 Å². The van der Waals surface area contributed by atoms with Gasteiger partial charge in [-0.15, -0.1) is 17.4 Å². The fourth-order valence-corrected chi connectivity index (χ4v) is 1.49. The van der Waals surface area contributed by atoms with Crippen molar-refractivity contribution in [3.05, 3.63) is 0 Å². The summed E-state index contributed by atoms with van der Waals surface area (Å²) in [4.78, 5) is 17.0. The number of hydrogen-bond acceptors (Lipinski definition) is 3. The van der Waals surface area contributed by atoms with E-state index in [9.17, 15) is 4.79 Å². The largest absolute Gasteiger partial charge is 0.367 e. The van der Waals surface area contributed by atoms with E-state index in [1.165, 1.54) is 0 Å². The molecule has 1 heterocycles. The smallest absolute Gasteiger partial charge is 0.330 e. The second kappa shape index (κ2) is 4.24. The fraction of sp³-hybridized carbons (Fsp3) is 0.750. The lowest BCUT2D eigenvalue weighted by Gasteiger charge is -2.24. The van der Waals surface area contributed by atoms with Crippen LogP contribution in [0.25, 0.3) is 0 Å². The lowest BCUT2D eigenvalue weighted by molar-refractivity contribution is -0.203. The van der Waals surface area contributed by atoms with E-state index in [0.717, 1.165) is 6.42 Å². The third-order valence-corrected chi connectivity index (χ3v) is 2.57. The molecule has 0 spiro atoms. The van der Waals surface area contributed by atoms with Crippen LogP contribution < -0.4 is 0 Å². The molecule has 0 aromatic carbocycles. The Morgan fingerprint density at radius 3 is 2.53 bits per heavy atom. The summed E-state index contributed by atoms with van der Waals surface area (Å²) >= 11 is 0. The summed E-state index contributed by atoms with van der Waals surface area (Å²) in [5.41, 5.74) is -0.464. The van der Waals surface area contributed by atoms with Crippen molar-refractivity contribution in [2.45, 2.75) is 40.2 Å². The zero-order valence-corrected chi connectivity index (χ0v) is 9.91. The van der Waals surface area contributed by atoms with Gasteiger partial charge >= 0.3 is 5.97 Å². The average molecular weight is 209 g/mol. The van der Waals surface area contributed by atoms with Gasteiger partial charge in [0.1, 0.15) is 0 Å². The van der Waals surface area contributed by atoms with Gasteiger partial charge in [-0.2, -0.15) is 0 Å². The fourth-order valence-electron chi connectivity index (χ4n) is 1.49. The van der Waals surface area contributed by atoms with Crippen molar-refractivity contribution in [1.82, 2.24) is 5.06 Å². The highest BCUT2D eigenvalue weighted by molar-refractivity contribution is 5.75. The van der Waals surface area contributed by atoms with Gasteiger partial charge < -0.3 is 4.84 Å². The molecule has 15 heavy (non-hydrogen) atoms. The van der Waals surface area contributed by atoms with Crippen molar-refractivity contribution in [3.8, 4) is 12.3 Å². The highest BCUT2D eigenvalue weighted by atomic mass is 16.7. The van der Waals surface area contributed by atoms with E-state index < -0.39 is 5.41 Å². The standard InChI is InChI=1S/C12H19NO2/c1-6-10-7-9(2)13(8-10)15-11(14)12(3,4)5/h1,9-10H,7-8H2,2-5H3. The van der Waals surface area contributed by atoms with Gasteiger partial charge in [0.2, 0.25) is 0 Å². The van der Waals surface area contributed by atoms with Crippen LogP contribution in [0.2, 0.25) is 0 Å². The van der Waals surface area contributed by atoms with Crippen LogP contribution >= 0.6 is 0 Å². The third kappa shape index (κ3) is 2.97. The summed E-state index contributed by atoms with van der Waals surface area (Å²) in [5, 5.41) is 1.71. The minimum Gasteiger partial charge on any atom is -0.367 e. The maximum Gasteiger partial charge on any atom is 0.330 e. The van der Waals surface area contributed by atoms with Gasteiger partial charge in [-0.05, 0) is 34.1 Å². The Balaban J connectivity index is 2.54. The van der Waals surface area contributed by atoms with Crippen molar-refractivity contribution in [1.29, 1.82) is 0 Å². The van der Waals surface area contributed by atoms with Crippen molar-refractivity contribution in [3.63, 3.8) is 0 Å². The molecule has 1 fully saturated rings. The topological polar surface area (TPSA) is 29.5 Å². The first-order chi connectivity index (χ1) is 6.84. The second-order valence-corrected chi connectivity index (χ2v) is 5.18. The summed E-state index contributed by atoms with van der Waals surface area (Å²) in [6, 6.07) is 0.220. The predicted molar refractivity (Wildman–Crippen MR) is 58.7 cm³/mol. The van der Waals surface area contributed by atoms with Crippen molar-refractivity contribution >= 4 is 5.97 Å². The van der Waals surface area contributed by atoms with E-state index in [2.05, 4.69) is 5.92 Å². The first kappa shape index (κ1) is 12.1. The van der Waals surface area contributed by atoms with Gasteiger partial charge in [0, 0.05) is 18.5 Å². The number of nitrogens with zero attached hydrogens (tertiary/aromatic N) is 1. The van der Waals surface area contributed by atoms with Gasteiger partial charge in [0.05, 0.1) is 5.41 Å². The minimum absolute atomic E-state index is 0.202. The molecule has 0 radical (unpaired) electrons. The first-order valence-corrected chi connectivity index (χ1v) is 5.29. The number of carbonyl (C=O) groups is 1. The Morgan fingerprint density at radius 2 is 2.13 bits per heavy atom. The Kier molecular flexibility index (Phi) is 3.41. The van der Waals surface area contributed by atoms with Crippen LogP contribution in [0.4, 0.5) is 0 Å². The first-order valence-electron chi connectivity index (χ1n) is 5.29. The maximum atomic E-state index is 11.6. The molecule has 1 aliphatic heterocycles. The van der Waals surface area contributed by atoms with Crippen LogP contribution in [0.15, 0.2) is 0 Å². The molecule has 0 amide bonds. The van der Waals surface area contributed by atoms with E-state index in [4.69, 9.17) is 11.3 Å². The normalized spacial score (nSPS) is 27.4. The van der Waals surface area contributed by atoms with E-state index in [-0.39, 0.29) is 17.9 Å². The molecule has 0 bridgehead atoms. The molecule has 1 saturated heterocycles. The Bertz CT molecular complexity index is 285. The quantitative estimate of drug-likeness (QED) is 0.617. The molecule has 0 aliphatic carbocycles. The molecule has 2 atom stereocenters. The second-order valence-electron chi connectivity index (χ2n) is 5.18. The highest BCUT2D eigenvalue weighted by Crippen LogP contribution is 2.25. The van der Waals surface area contributed by atoms with Crippen molar-refractivity contribution in [2.24, 2.45) is 11.3 Å². The van der Waals surface area contributed by atoms with Crippen LogP contribution in [0.1, 0.15) is 34.1 Å². The molecule has 84 valence electrons. The molecule has 0 saturated carbocycles. The van der Waals surface area contributed by atoms with Gasteiger partial charge in [0.15, 0.2) is 0 Å². The highest BCUT2D eigenvalue weighted by Gasteiger charge is 2.33. The number of hydroxylamine groups is 2. The van der Waals surface area contributed by atoms with E-state index in [1.54, 1.807) is 5.06 Å². The molecule has 0 N–H and O–H groups in total. The molecule has 3 nitrogen and oxygen atoms in total. The number of rotatable bonds is 1. The molecule has 2 unspecified atom stereocenters. The molecule has 1 rings (SSSR count). The molecule has 1 aliphatic rings. The summed E-state index contributed by atoms with van der Waals surface area (Å²) in [5.74, 6) is 2.70. The Hall–Kier alpha value is -1.01. The summed E-state index contributed by atoms with van der Waals surface area (Å²) in [6.07, 6.45) is 6.25. The van der Waals surface area contributed by atoms with Crippen LogP contribution in [-0.4, -0.2) is 23.6 Å². The van der Waals surface area contributed by atoms with E-state index in [1.807, 2.05) is 27.7 Å². The van der Waals surface area contributed by atoms with E-state index in [0.29, 0.717) is 6.54 Å². The van der Waals surface area contributed by atoms with E-state index >= 15 is 0 Å². The Morgan fingerprint density at radius 1 is 1.53 bits per heavy atom. The van der Waals surface area contributed by atoms with Crippen LogP contribution in [0, 0.1) is 23.7 Å². The van der Waals surface area contributed by atoms with Crippen LogP contribution in [0.3, 0.4) is 0 Å². The average Bonchev–Trinajstić information content (AvgIpc) is 2.45. The third-order valence-electron chi connectivity index (χ3n) is 2.57. The van der Waals surface area contributed by atoms with Gasteiger partial charge in [-0.25, -0.2) is 4.79 Å². The number of hydrogen-bond donors (Lipinski definition) is 0. The molecular weight excluding hydrogens is 190 g/mol. The lowest BCUT2D eigenvalue weighted by Crippen LogP contribution is -2.35. The number of terminal acetylenes is 1. The van der Waals surface area contributed by atoms with Gasteiger partial charge in [-0.1, -0.05) is 0 Å². The van der Waals surface area contributed by atoms with Gasteiger partial charge in [0.25, 0.3) is 0 Å². The predicted octanol–water partition coefficient (Wildman–Crippen LogP) is 1.83. The molecule has 3 heteroatoms. The van der Waals surface area contributed by atoms with Crippen molar-refractivity contribution < 1.29 is 9.63 Å². The zero-order chi connectivity index (χ0) is 11.6. The summed E-state index contributed by atoms with van der Waals surface area (Å²) in [7, 11) is 0. The Labute approximate surface area is 91.7 Å².